The molecule has 10 heteroatoms. The van der Waals surface area contributed by atoms with Crippen molar-refractivity contribution in [1.82, 2.24) is 15.5 Å². The van der Waals surface area contributed by atoms with Gasteiger partial charge in [0, 0.05) is 18.0 Å². The van der Waals surface area contributed by atoms with Gasteiger partial charge < -0.3 is 15.2 Å². The molecule has 4 fully saturated rings. The number of halogens is 3. The number of aliphatic hydroxyl groups is 1. The van der Waals surface area contributed by atoms with E-state index in [9.17, 15) is 27.9 Å². The molecule has 0 bridgehead atoms. The lowest BCUT2D eigenvalue weighted by molar-refractivity contribution is -0.196. The lowest BCUT2D eigenvalue weighted by Gasteiger charge is -2.57. The number of methoxy groups -OCH3 is 1. The first kappa shape index (κ1) is 21.5. The number of benzene rings is 1. The van der Waals surface area contributed by atoms with Gasteiger partial charge in [0.2, 0.25) is 0 Å². The van der Waals surface area contributed by atoms with Crippen LogP contribution in [0.4, 0.5) is 18.0 Å². The van der Waals surface area contributed by atoms with E-state index in [2.05, 4.69) is 10.6 Å². The summed E-state index contributed by atoms with van der Waals surface area (Å²) in [5.41, 5.74) is -2.06. The molecule has 32 heavy (non-hydrogen) atoms. The number of imide groups is 1. The van der Waals surface area contributed by atoms with Gasteiger partial charge in [0.1, 0.15) is 11.3 Å². The van der Waals surface area contributed by atoms with Crippen molar-refractivity contribution in [3.05, 3.63) is 29.3 Å². The zero-order valence-electron chi connectivity index (χ0n) is 17.9. The quantitative estimate of drug-likeness (QED) is 0.609. The molecular weight excluding hydrogens is 427 g/mol. The largest absolute Gasteiger partial charge is 0.497 e. The molecular formula is C22H26F3N3O4. The Morgan fingerprint density at radius 2 is 2.03 bits per heavy atom. The van der Waals surface area contributed by atoms with Gasteiger partial charge in [-0.1, -0.05) is 6.07 Å². The van der Waals surface area contributed by atoms with Gasteiger partial charge in [-0.25, -0.2) is 4.79 Å². The second-order valence-electron chi connectivity index (χ2n) is 9.81. The lowest BCUT2D eigenvalue weighted by atomic mass is 9.55. The van der Waals surface area contributed by atoms with Crippen LogP contribution in [0.5, 0.6) is 5.75 Å². The molecule has 1 spiro atoms. The van der Waals surface area contributed by atoms with Crippen LogP contribution < -0.4 is 15.4 Å². The standard InChI is InChI=1S/C22H26F3N3O4/c1-12-3-4-14(32-2)7-15(12)19-8-13-9-28(11-22(23,24)25)16(13)21(19,31)6-5-20(10-19)17(29)26-18(30)27-20/h3-4,7,13,16,31H,5-6,8-11H2,1-2H3,(H2,26,27,29,30)/t13?,16-,19-,20+,21-/m1/s1. The Balaban J connectivity index is 1.64. The van der Waals surface area contributed by atoms with Crippen molar-refractivity contribution < 1.29 is 32.6 Å². The van der Waals surface area contributed by atoms with Crippen molar-refractivity contribution in [2.45, 2.75) is 61.4 Å². The van der Waals surface area contributed by atoms with Crippen LogP contribution in [0.2, 0.25) is 0 Å². The van der Waals surface area contributed by atoms with Gasteiger partial charge in [-0.15, -0.1) is 0 Å². The summed E-state index contributed by atoms with van der Waals surface area (Å²) in [7, 11) is 1.52. The highest BCUT2D eigenvalue weighted by atomic mass is 19.4. The smallest absolute Gasteiger partial charge is 0.401 e. The molecule has 3 amide bonds. The van der Waals surface area contributed by atoms with E-state index in [1.807, 2.05) is 19.1 Å². The van der Waals surface area contributed by atoms with Crippen LogP contribution in [0.15, 0.2) is 18.2 Å². The summed E-state index contributed by atoms with van der Waals surface area (Å²) in [4.78, 5) is 26.1. The maximum atomic E-state index is 13.2. The minimum atomic E-state index is -4.37. The van der Waals surface area contributed by atoms with E-state index in [0.29, 0.717) is 12.2 Å². The van der Waals surface area contributed by atoms with Crippen LogP contribution in [0.3, 0.4) is 0 Å². The third-order valence-electron chi connectivity index (χ3n) is 8.13. The average Bonchev–Trinajstić information content (AvgIpc) is 3.07. The SMILES string of the molecule is COc1ccc(C)c([C@]23CC4CN(CC(F)(F)F)[C@H]4[C@]2(O)CC[C@@]2(C3)NC(=O)NC2=O)c1. The topological polar surface area (TPSA) is 90.9 Å². The summed E-state index contributed by atoms with van der Waals surface area (Å²) in [5, 5.41) is 17.2. The van der Waals surface area contributed by atoms with Crippen molar-refractivity contribution in [2.75, 3.05) is 20.2 Å². The number of hydrogen-bond acceptors (Lipinski definition) is 5. The molecule has 174 valence electrons. The number of fused-ring (bicyclic) bond motifs is 3. The van der Waals surface area contributed by atoms with Crippen molar-refractivity contribution in [2.24, 2.45) is 5.92 Å². The Morgan fingerprint density at radius 3 is 2.66 bits per heavy atom. The Kier molecular flexibility index (Phi) is 4.44. The molecule has 3 N–H and O–H groups in total. The summed E-state index contributed by atoms with van der Waals surface area (Å²) in [6.07, 6.45) is -3.55. The summed E-state index contributed by atoms with van der Waals surface area (Å²) in [5.74, 6) is -0.0209. The third kappa shape index (κ3) is 2.81. The molecule has 0 radical (unpaired) electrons. The van der Waals surface area contributed by atoms with E-state index in [0.717, 1.165) is 11.1 Å². The first-order valence-electron chi connectivity index (χ1n) is 10.7. The van der Waals surface area contributed by atoms with Crippen molar-refractivity contribution in [1.29, 1.82) is 0 Å². The number of carbonyl (C=O) groups excluding carboxylic acids is 2. The Hall–Kier alpha value is -2.33. The van der Waals surface area contributed by atoms with Crippen molar-refractivity contribution >= 4 is 11.9 Å². The molecule has 2 aliphatic heterocycles. The molecule has 5 rings (SSSR count). The highest BCUT2D eigenvalue weighted by Gasteiger charge is 2.74. The predicted octanol–water partition coefficient (Wildman–Crippen LogP) is 2.00. The van der Waals surface area contributed by atoms with Gasteiger partial charge >= 0.3 is 12.2 Å². The Labute approximate surface area is 183 Å². The zero-order valence-corrected chi connectivity index (χ0v) is 17.9. The summed E-state index contributed by atoms with van der Waals surface area (Å²) >= 11 is 0. The van der Waals surface area contributed by atoms with Crippen LogP contribution in [-0.2, 0) is 10.2 Å². The van der Waals surface area contributed by atoms with E-state index < -0.39 is 47.3 Å². The van der Waals surface area contributed by atoms with Crippen LogP contribution in [0, 0.1) is 12.8 Å². The fraction of sp³-hybridized carbons (Fsp3) is 0.636. The summed E-state index contributed by atoms with van der Waals surface area (Å²) < 4.78 is 45.0. The van der Waals surface area contributed by atoms with Crippen LogP contribution in [-0.4, -0.2) is 65.5 Å². The summed E-state index contributed by atoms with van der Waals surface area (Å²) in [6.45, 7) is 1.04. The Bertz CT molecular complexity index is 1000. The van der Waals surface area contributed by atoms with Gasteiger partial charge in [-0.05, 0) is 61.8 Å². The number of ether oxygens (including phenoxy) is 1. The van der Waals surface area contributed by atoms with Gasteiger partial charge in [0.25, 0.3) is 5.91 Å². The molecule has 7 nitrogen and oxygen atoms in total. The van der Waals surface area contributed by atoms with E-state index in [1.165, 1.54) is 12.0 Å². The van der Waals surface area contributed by atoms with Gasteiger partial charge in [-0.3, -0.25) is 15.0 Å². The predicted molar refractivity (Wildman–Crippen MR) is 107 cm³/mol. The third-order valence-corrected chi connectivity index (χ3v) is 8.13. The highest BCUT2D eigenvalue weighted by Crippen LogP contribution is 2.65. The minimum Gasteiger partial charge on any atom is -0.497 e. The molecule has 2 saturated carbocycles. The van der Waals surface area contributed by atoms with Gasteiger partial charge in [0.05, 0.1) is 19.3 Å². The number of amides is 3. The van der Waals surface area contributed by atoms with Crippen molar-refractivity contribution in [3.63, 3.8) is 0 Å². The molecule has 4 aliphatic rings. The average molecular weight is 453 g/mol. The molecule has 1 aromatic rings. The van der Waals surface area contributed by atoms with E-state index in [4.69, 9.17) is 4.74 Å². The molecule has 2 saturated heterocycles. The minimum absolute atomic E-state index is 0.104. The van der Waals surface area contributed by atoms with Crippen LogP contribution in [0.1, 0.15) is 36.8 Å². The monoisotopic (exact) mass is 453 g/mol. The fourth-order valence-electron chi connectivity index (χ4n) is 6.97. The lowest BCUT2D eigenvalue weighted by Crippen LogP contribution is -2.71. The molecule has 0 aromatic heterocycles. The Morgan fingerprint density at radius 1 is 1.28 bits per heavy atom. The first-order valence-corrected chi connectivity index (χ1v) is 10.7. The molecule has 1 aromatic carbocycles. The van der Waals surface area contributed by atoms with E-state index in [1.54, 1.807) is 6.07 Å². The number of likely N-dealkylation sites (tertiary alicyclic amines) is 1. The molecule has 5 atom stereocenters. The van der Waals surface area contributed by atoms with Crippen LogP contribution in [0.25, 0.3) is 0 Å². The maximum absolute atomic E-state index is 13.2. The second kappa shape index (κ2) is 6.60. The van der Waals surface area contributed by atoms with Crippen molar-refractivity contribution in [3.8, 4) is 5.75 Å². The molecule has 2 aliphatic carbocycles. The van der Waals surface area contributed by atoms with Crippen LogP contribution >= 0.6 is 0 Å². The highest BCUT2D eigenvalue weighted by molar-refractivity contribution is 6.07. The number of alkyl halides is 3. The number of aryl methyl sites for hydroxylation is 1. The second-order valence-corrected chi connectivity index (χ2v) is 9.81. The number of nitrogens with zero attached hydrogens (tertiary/aromatic N) is 1. The van der Waals surface area contributed by atoms with E-state index >= 15 is 0 Å². The number of rotatable bonds is 3. The number of hydrogen-bond donors (Lipinski definition) is 3. The zero-order chi connectivity index (χ0) is 23.1. The molecule has 1 unspecified atom stereocenters. The number of nitrogens with one attached hydrogen (secondary N) is 2. The molecule has 2 heterocycles. The first-order chi connectivity index (χ1) is 14.9. The number of urea groups is 1. The fourth-order valence-corrected chi connectivity index (χ4v) is 6.97. The summed E-state index contributed by atoms with van der Waals surface area (Å²) in [6, 6.07) is 4.21. The normalized spacial score (nSPS) is 38.7. The van der Waals surface area contributed by atoms with Gasteiger partial charge in [-0.2, -0.15) is 13.2 Å². The maximum Gasteiger partial charge on any atom is 0.401 e. The van der Waals surface area contributed by atoms with Gasteiger partial charge in [0.15, 0.2) is 0 Å². The number of carbonyl (C=O) groups is 2. The van der Waals surface area contributed by atoms with E-state index in [-0.39, 0.29) is 31.7 Å².